The quantitative estimate of drug-likeness (QED) is 0.606. The van der Waals surface area contributed by atoms with Gasteiger partial charge in [-0.05, 0) is 62.2 Å². The number of phenols is 1. The van der Waals surface area contributed by atoms with E-state index in [2.05, 4.69) is 42.1 Å². The minimum atomic E-state index is 0. The summed E-state index contributed by atoms with van der Waals surface area (Å²) in [5.41, 5.74) is 1.17. The molecule has 1 aromatic carbocycles. The van der Waals surface area contributed by atoms with Crippen molar-refractivity contribution in [1.29, 1.82) is 0 Å². The van der Waals surface area contributed by atoms with Crippen LogP contribution in [0.1, 0.15) is 24.4 Å². The van der Waals surface area contributed by atoms with Gasteiger partial charge in [0.25, 0.3) is 0 Å². The van der Waals surface area contributed by atoms with Crippen LogP contribution in [0.25, 0.3) is 0 Å². The highest BCUT2D eigenvalue weighted by Gasteiger charge is 2.34. The second-order valence-corrected chi connectivity index (χ2v) is 7.91. The number of hydrogen-bond acceptors (Lipinski definition) is 5. The topological polar surface area (TPSA) is 54.0 Å². The summed E-state index contributed by atoms with van der Waals surface area (Å²) in [4.78, 5) is 2.55. The maximum absolute atomic E-state index is 10.3. The van der Waals surface area contributed by atoms with Crippen LogP contribution in [0.5, 0.6) is 11.5 Å². The SMILES string of the molecule is COc1cc([C@H](C2CCOCC2)N2CCNCC2)c(Br)c(Br)c1O.Cl.Cl. The Balaban J connectivity index is 0.00000169. The van der Waals surface area contributed by atoms with Gasteiger partial charge >= 0.3 is 0 Å². The van der Waals surface area contributed by atoms with E-state index in [1.165, 1.54) is 5.56 Å². The van der Waals surface area contributed by atoms with Crippen molar-refractivity contribution in [2.24, 2.45) is 5.92 Å². The second-order valence-electron chi connectivity index (χ2n) is 6.33. The highest BCUT2D eigenvalue weighted by molar-refractivity contribution is 9.13. The summed E-state index contributed by atoms with van der Waals surface area (Å²) < 4.78 is 12.5. The van der Waals surface area contributed by atoms with Crippen molar-refractivity contribution in [2.45, 2.75) is 18.9 Å². The normalized spacial score (nSPS) is 20.0. The summed E-state index contributed by atoms with van der Waals surface area (Å²) in [7, 11) is 1.59. The van der Waals surface area contributed by atoms with E-state index in [4.69, 9.17) is 9.47 Å². The number of nitrogens with one attached hydrogen (secondary N) is 1. The van der Waals surface area contributed by atoms with Gasteiger partial charge in [0.05, 0.1) is 11.6 Å². The molecule has 0 aromatic heterocycles. The van der Waals surface area contributed by atoms with Gasteiger partial charge in [0.2, 0.25) is 0 Å². The summed E-state index contributed by atoms with van der Waals surface area (Å²) in [6.45, 7) is 5.70. The van der Waals surface area contributed by atoms with Crippen LogP contribution < -0.4 is 10.1 Å². The van der Waals surface area contributed by atoms with E-state index in [1.54, 1.807) is 7.11 Å². The average Bonchev–Trinajstić information content (AvgIpc) is 2.64. The van der Waals surface area contributed by atoms with E-state index in [0.717, 1.165) is 56.7 Å². The molecular formula is C17H26Br2Cl2N2O3. The Morgan fingerprint density at radius 1 is 1.19 bits per heavy atom. The summed E-state index contributed by atoms with van der Waals surface area (Å²) >= 11 is 7.20. The minimum absolute atomic E-state index is 0. The van der Waals surface area contributed by atoms with Crippen LogP contribution in [-0.2, 0) is 4.74 Å². The monoisotopic (exact) mass is 534 g/mol. The molecule has 2 saturated heterocycles. The van der Waals surface area contributed by atoms with Crippen LogP contribution in [0.2, 0.25) is 0 Å². The van der Waals surface area contributed by atoms with Crippen LogP contribution in [-0.4, -0.2) is 56.5 Å². The lowest BCUT2D eigenvalue weighted by molar-refractivity contribution is 0.0210. The molecule has 1 atom stereocenters. The molecule has 3 rings (SSSR count). The Labute approximate surface area is 184 Å². The maximum Gasteiger partial charge on any atom is 0.173 e. The van der Waals surface area contributed by atoms with E-state index >= 15 is 0 Å². The molecule has 2 N–H and O–H groups in total. The van der Waals surface area contributed by atoms with E-state index in [-0.39, 0.29) is 36.6 Å². The lowest BCUT2D eigenvalue weighted by Crippen LogP contribution is -2.47. The van der Waals surface area contributed by atoms with E-state index in [9.17, 15) is 5.11 Å². The Morgan fingerprint density at radius 3 is 2.38 bits per heavy atom. The zero-order chi connectivity index (χ0) is 17.1. The first-order valence-electron chi connectivity index (χ1n) is 8.40. The number of aromatic hydroxyl groups is 1. The molecule has 150 valence electrons. The van der Waals surface area contributed by atoms with Gasteiger partial charge in [0.15, 0.2) is 11.5 Å². The third-order valence-electron chi connectivity index (χ3n) is 4.97. The minimum Gasteiger partial charge on any atom is -0.503 e. The molecule has 0 amide bonds. The first-order valence-corrected chi connectivity index (χ1v) is 9.99. The highest BCUT2D eigenvalue weighted by atomic mass is 79.9. The number of benzene rings is 1. The van der Waals surface area contributed by atoms with Crippen molar-refractivity contribution >= 4 is 56.7 Å². The number of halogens is 4. The fraction of sp³-hybridized carbons (Fsp3) is 0.647. The fourth-order valence-electron chi connectivity index (χ4n) is 3.72. The van der Waals surface area contributed by atoms with Crippen molar-refractivity contribution in [2.75, 3.05) is 46.5 Å². The zero-order valence-corrected chi connectivity index (χ0v) is 19.5. The molecule has 2 aliphatic rings. The first-order chi connectivity index (χ1) is 11.6. The third kappa shape index (κ3) is 5.19. The Hall–Kier alpha value is 0.240. The molecule has 9 heteroatoms. The molecule has 0 aliphatic carbocycles. The maximum atomic E-state index is 10.3. The van der Waals surface area contributed by atoms with E-state index in [0.29, 0.717) is 16.1 Å². The lowest BCUT2D eigenvalue weighted by atomic mass is 9.85. The smallest absolute Gasteiger partial charge is 0.173 e. The van der Waals surface area contributed by atoms with Crippen molar-refractivity contribution in [3.05, 3.63) is 20.6 Å². The number of nitrogens with zero attached hydrogens (tertiary/aromatic N) is 1. The standard InChI is InChI=1S/C17H24Br2N2O3.2ClH/c1-23-13-10-12(14(18)15(19)17(13)22)16(11-2-8-24-9-3-11)21-6-4-20-5-7-21;;/h10-11,16,20,22H,2-9H2,1H3;2*1H/t16-;;/m0../s1. The van der Waals surface area contributed by atoms with Gasteiger partial charge in [-0.3, -0.25) is 4.90 Å². The van der Waals surface area contributed by atoms with Crippen LogP contribution in [0, 0.1) is 5.92 Å². The summed E-state index contributed by atoms with van der Waals surface area (Å²) in [5, 5.41) is 13.7. The van der Waals surface area contributed by atoms with E-state index in [1.807, 2.05) is 6.07 Å². The molecule has 1 aromatic rings. The Bertz CT molecular complexity index is 566. The molecular weight excluding hydrogens is 511 g/mol. The molecule has 5 nitrogen and oxygen atoms in total. The van der Waals surface area contributed by atoms with Crippen molar-refractivity contribution in [3.63, 3.8) is 0 Å². The van der Waals surface area contributed by atoms with Gasteiger partial charge in [0.1, 0.15) is 0 Å². The lowest BCUT2D eigenvalue weighted by Gasteiger charge is -2.41. The molecule has 2 heterocycles. The molecule has 2 fully saturated rings. The highest BCUT2D eigenvalue weighted by Crippen LogP contribution is 2.47. The summed E-state index contributed by atoms with van der Waals surface area (Å²) in [5.74, 6) is 1.18. The molecule has 0 bridgehead atoms. The number of piperazine rings is 1. The number of methoxy groups -OCH3 is 1. The molecule has 0 spiro atoms. The zero-order valence-electron chi connectivity index (χ0n) is 14.7. The van der Waals surface area contributed by atoms with Crippen LogP contribution in [0.15, 0.2) is 15.0 Å². The van der Waals surface area contributed by atoms with Gasteiger partial charge in [-0.15, -0.1) is 24.8 Å². The number of ether oxygens (including phenoxy) is 2. The fourth-order valence-corrected chi connectivity index (χ4v) is 4.68. The van der Waals surface area contributed by atoms with Gasteiger partial charge in [-0.2, -0.15) is 0 Å². The molecule has 0 saturated carbocycles. The van der Waals surface area contributed by atoms with Crippen molar-refractivity contribution < 1.29 is 14.6 Å². The predicted octanol–water partition coefficient (Wildman–Crippen LogP) is 4.14. The first kappa shape index (κ1) is 24.3. The summed E-state index contributed by atoms with van der Waals surface area (Å²) in [6, 6.07) is 2.27. The van der Waals surface area contributed by atoms with Gasteiger partial charge < -0.3 is 19.9 Å². The van der Waals surface area contributed by atoms with Gasteiger partial charge in [0, 0.05) is 49.9 Å². The van der Waals surface area contributed by atoms with Crippen molar-refractivity contribution in [3.8, 4) is 11.5 Å². The van der Waals surface area contributed by atoms with Crippen molar-refractivity contribution in [1.82, 2.24) is 10.2 Å². The average molecular weight is 537 g/mol. The summed E-state index contributed by atoms with van der Waals surface area (Å²) in [6.07, 6.45) is 2.11. The third-order valence-corrected chi connectivity index (χ3v) is 7.13. The largest absolute Gasteiger partial charge is 0.503 e. The Kier molecular flexibility index (Phi) is 10.5. The number of rotatable bonds is 4. The van der Waals surface area contributed by atoms with Gasteiger partial charge in [-0.1, -0.05) is 0 Å². The predicted molar refractivity (Wildman–Crippen MR) is 115 cm³/mol. The molecule has 0 unspecified atom stereocenters. The Morgan fingerprint density at radius 2 is 1.81 bits per heavy atom. The number of hydrogen-bond donors (Lipinski definition) is 2. The molecule has 2 aliphatic heterocycles. The van der Waals surface area contributed by atoms with Crippen LogP contribution in [0.3, 0.4) is 0 Å². The second kappa shape index (κ2) is 11.3. The van der Waals surface area contributed by atoms with E-state index < -0.39 is 0 Å². The molecule has 0 radical (unpaired) electrons. The van der Waals surface area contributed by atoms with Crippen LogP contribution in [0.4, 0.5) is 0 Å². The molecule has 26 heavy (non-hydrogen) atoms. The number of phenolic OH excluding ortho intramolecular Hbond substituents is 1. The van der Waals surface area contributed by atoms with Crippen LogP contribution >= 0.6 is 56.7 Å². The van der Waals surface area contributed by atoms with Gasteiger partial charge in [-0.25, -0.2) is 0 Å².